The largest absolute Gasteiger partial charge is 0.337 e. The van der Waals surface area contributed by atoms with Gasteiger partial charge < -0.3 is 10.6 Å². The first kappa shape index (κ1) is 19.2. The van der Waals surface area contributed by atoms with Crippen molar-refractivity contribution < 1.29 is 4.79 Å². The van der Waals surface area contributed by atoms with Gasteiger partial charge in [0.05, 0.1) is 11.8 Å². The minimum absolute atomic E-state index is 0.0262. The van der Waals surface area contributed by atoms with E-state index in [1.807, 2.05) is 45.0 Å². The van der Waals surface area contributed by atoms with E-state index in [4.69, 9.17) is 0 Å². The number of carbonyl (C=O) groups excluding carboxylic acids is 1. The maximum Gasteiger partial charge on any atom is 0.231 e. The maximum absolute atomic E-state index is 12.1. The van der Waals surface area contributed by atoms with E-state index in [1.54, 1.807) is 6.92 Å². The average Bonchev–Trinajstić information content (AvgIpc) is 3.02. The number of amides is 1. The van der Waals surface area contributed by atoms with Crippen LogP contribution in [-0.4, -0.2) is 27.4 Å². The first-order valence-electron chi connectivity index (χ1n) is 7.84. The van der Waals surface area contributed by atoms with Crippen molar-refractivity contribution in [1.29, 1.82) is 5.26 Å². The van der Waals surface area contributed by atoms with E-state index in [1.165, 1.54) is 28.7 Å². The van der Waals surface area contributed by atoms with Crippen LogP contribution in [0.1, 0.15) is 26.3 Å². The van der Waals surface area contributed by atoms with Gasteiger partial charge in [-0.3, -0.25) is 4.79 Å². The number of nitriles is 1. The molecule has 0 aliphatic rings. The van der Waals surface area contributed by atoms with Crippen LogP contribution >= 0.6 is 23.1 Å². The van der Waals surface area contributed by atoms with Crippen molar-refractivity contribution in [3.05, 3.63) is 29.8 Å². The second-order valence-electron chi connectivity index (χ2n) is 6.17. The number of carbonyl (C=O) groups is 1. The fraction of sp³-hybridized carbons (Fsp3) is 0.412. The molecule has 1 aromatic heterocycles. The van der Waals surface area contributed by atoms with Crippen LogP contribution in [-0.2, 0) is 4.79 Å². The Morgan fingerprint density at radius 2 is 2.04 bits per heavy atom. The number of benzene rings is 1. The number of rotatable bonds is 7. The third-order valence-corrected chi connectivity index (χ3v) is 5.79. The predicted molar refractivity (Wildman–Crippen MR) is 102 cm³/mol. The second-order valence-corrected chi connectivity index (χ2v) is 8.37. The smallest absolute Gasteiger partial charge is 0.231 e. The monoisotopic (exact) mass is 375 g/mol. The molecule has 2 aromatic rings. The summed E-state index contributed by atoms with van der Waals surface area (Å²) in [5.41, 5.74) is 1.27. The summed E-state index contributed by atoms with van der Waals surface area (Å²) in [6.45, 7) is 7.58. The molecule has 1 aromatic carbocycles. The first-order valence-corrected chi connectivity index (χ1v) is 9.65. The van der Waals surface area contributed by atoms with Gasteiger partial charge in [-0.05, 0) is 31.9 Å². The van der Waals surface area contributed by atoms with E-state index >= 15 is 0 Å². The van der Waals surface area contributed by atoms with Crippen molar-refractivity contribution >= 4 is 39.8 Å². The third kappa shape index (κ3) is 5.44. The summed E-state index contributed by atoms with van der Waals surface area (Å²) >= 11 is 2.70. The Labute approximate surface area is 156 Å². The fourth-order valence-corrected chi connectivity index (χ4v) is 3.41. The van der Waals surface area contributed by atoms with Crippen LogP contribution in [0.3, 0.4) is 0 Å². The number of aromatic nitrogens is 2. The number of nitrogens with one attached hydrogen (secondary N) is 2. The van der Waals surface area contributed by atoms with Crippen LogP contribution in [0.15, 0.2) is 28.6 Å². The van der Waals surface area contributed by atoms with Crippen LogP contribution in [0.4, 0.5) is 10.8 Å². The van der Waals surface area contributed by atoms with Crippen LogP contribution < -0.4 is 10.6 Å². The third-order valence-electron chi connectivity index (χ3n) is 3.82. The van der Waals surface area contributed by atoms with Gasteiger partial charge in [-0.1, -0.05) is 54.6 Å². The summed E-state index contributed by atoms with van der Waals surface area (Å²) < 4.78 is 0.702. The number of nitrogens with zero attached hydrogens (tertiary/aromatic N) is 3. The number of hydrogen-bond donors (Lipinski definition) is 2. The number of thioether (sulfide) groups is 1. The molecule has 0 bridgehead atoms. The molecule has 2 N–H and O–H groups in total. The fourth-order valence-electron chi connectivity index (χ4n) is 1.83. The zero-order valence-electron chi connectivity index (χ0n) is 14.7. The Hall–Kier alpha value is -2.11. The van der Waals surface area contributed by atoms with E-state index in [-0.39, 0.29) is 17.6 Å². The molecule has 2 rings (SSSR count). The molecule has 0 unspecified atom stereocenters. The summed E-state index contributed by atoms with van der Waals surface area (Å²) in [6.07, 6.45) is 0. The Morgan fingerprint density at radius 1 is 1.36 bits per heavy atom. The zero-order chi connectivity index (χ0) is 18.4. The lowest BCUT2D eigenvalue weighted by Crippen LogP contribution is -2.49. The van der Waals surface area contributed by atoms with Crippen molar-refractivity contribution in [3.8, 4) is 6.07 Å². The Kier molecular flexibility index (Phi) is 6.39. The van der Waals surface area contributed by atoms with E-state index in [0.717, 1.165) is 5.69 Å². The number of anilines is 2. The second kappa shape index (κ2) is 8.32. The van der Waals surface area contributed by atoms with E-state index in [2.05, 4.69) is 26.9 Å². The predicted octanol–water partition coefficient (Wildman–Crippen LogP) is 3.74. The molecule has 25 heavy (non-hydrogen) atoms. The molecule has 0 spiro atoms. The van der Waals surface area contributed by atoms with Gasteiger partial charge in [-0.15, -0.1) is 10.2 Å². The molecule has 0 fully saturated rings. The average molecular weight is 376 g/mol. The lowest BCUT2D eigenvalue weighted by molar-refractivity contribution is -0.120. The minimum atomic E-state index is -0.864. The molecule has 1 atom stereocenters. The Balaban J connectivity index is 1.88. The highest BCUT2D eigenvalue weighted by molar-refractivity contribution is 8.01. The highest BCUT2D eigenvalue weighted by Crippen LogP contribution is 2.28. The molecular weight excluding hydrogens is 354 g/mol. The molecule has 6 nitrogen and oxygen atoms in total. The maximum atomic E-state index is 12.1. The van der Waals surface area contributed by atoms with Crippen molar-refractivity contribution in [3.63, 3.8) is 0 Å². The molecule has 0 aliphatic carbocycles. The lowest BCUT2D eigenvalue weighted by Gasteiger charge is -2.27. The molecular formula is C17H21N5OS2. The first-order chi connectivity index (χ1) is 11.8. The number of hydrogen-bond acceptors (Lipinski definition) is 7. The normalized spacial score (nSPS) is 13.1. The van der Waals surface area contributed by atoms with Crippen LogP contribution in [0, 0.1) is 24.2 Å². The molecule has 0 aliphatic heterocycles. The van der Waals surface area contributed by atoms with E-state index in [0.29, 0.717) is 9.47 Å². The van der Waals surface area contributed by atoms with Crippen molar-refractivity contribution in [2.24, 2.45) is 5.92 Å². The van der Waals surface area contributed by atoms with E-state index < -0.39 is 5.54 Å². The van der Waals surface area contributed by atoms with Crippen molar-refractivity contribution in [1.82, 2.24) is 15.5 Å². The van der Waals surface area contributed by atoms with Gasteiger partial charge >= 0.3 is 0 Å². The van der Waals surface area contributed by atoms with Gasteiger partial charge in [0.2, 0.25) is 11.0 Å². The van der Waals surface area contributed by atoms with Gasteiger partial charge in [0, 0.05) is 5.69 Å². The van der Waals surface area contributed by atoms with Crippen molar-refractivity contribution in [2.75, 3.05) is 11.1 Å². The number of aryl methyl sites for hydroxylation is 1. The minimum Gasteiger partial charge on any atom is -0.337 e. The molecule has 1 amide bonds. The lowest BCUT2D eigenvalue weighted by atomic mass is 9.90. The SMILES string of the molecule is Cc1ccc(Nc2nnc(SCC(=O)N[C@@](C)(C#N)C(C)C)s2)cc1. The van der Waals surface area contributed by atoms with Crippen LogP contribution in [0.25, 0.3) is 0 Å². The molecule has 8 heteroatoms. The Bertz CT molecular complexity index is 766. The molecule has 1 heterocycles. The molecule has 0 saturated carbocycles. The molecule has 0 radical (unpaired) electrons. The zero-order valence-corrected chi connectivity index (χ0v) is 16.3. The quantitative estimate of drug-likeness (QED) is 0.717. The highest BCUT2D eigenvalue weighted by atomic mass is 32.2. The summed E-state index contributed by atoms with van der Waals surface area (Å²) in [7, 11) is 0. The standard InChI is InChI=1S/C17H21N5OS2/c1-11(2)17(4,10-18)20-14(23)9-24-16-22-21-15(25-16)19-13-7-5-12(3)6-8-13/h5-8,11H,9H2,1-4H3,(H,19,21)(H,20,23)/t17-/m0/s1. The van der Waals surface area contributed by atoms with E-state index in [9.17, 15) is 10.1 Å². The van der Waals surface area contributed by atoms with Crippen LogP contribution in [0.5, 0.6) is 0 Å². The molecule has 132 valence electrons. The van der Waals surface area contributed by atoms with Gasteiger partial charge in [0.1, 0.15) is 5.54 Å². The summed E-state index contributed by atoms with van der Waals surface area (Å²) in [5.74, 6) is 0.0349. The van der Waals surface area contributed by atoms with Crippen molar-refractivity contribution in [2.45, 2.75) is 37.6 Å². The Morgan fingerprint density at radius 3 is 2.64 bits per heavy atom. The summed E-state index contributed by atoms with van der Waals surface area (Å²) in [4.78, 5) is 12.1. The summed E-state index contributed by atoms with van der Waals surface area (Å²) in [5, 5.41) is 24.1. The van der Waals surface area contributed by atoms with Crippen LogP contribution in [0.2, 0.25) is 0 Å². The van der Waals surface area contributed by atoms with Gasteiger partial charge in [-0.2, -0.15) is 5.26 Å². The summed E-state index contributed by atoms with van der Waals surface area (Å²) in [6, 6.07) is 10.2. The topological polar surface area (TPSA) is 90.7 Å². The highest BCUT2D eigenvalue weighted by Gasteiger charge is 2.29. The van der Waals surface area contributed by atoms with Gasteiger partial charge in [-0.25, -0.2) is 0 Å². The van der Waals surface area contributed by atoms with Gasteiger partial charge in [0.15, 0.2) is 4.34 Å². The molecule has 0 saturated heterocycles. The van der Waals surface area contributed by atoms with Gasteiger partial charge in [0.25, 0.3) is 0 Å².